The topological polar surface area (TPSA) is 43.8 Å². The molecule has 0 aliphatic carbocycles. The summed E-state index contributed by atoms with van der Waals surface area (Å²) in [7, 11) is 0. The lowest BCUT2D eigenvalue weighted by atomic mass is 9.98. The van der Waals surface area contributed by atoms with Gasteiger partial charge in [-0.05, 0) is 62.9 Å². The maximum atomic E-state index is 13.3. The Hall–Kier alpha value is -1.46. The molecule has 23 heavy (non-hydrogen) atoms. The summed E-state index contributed by atoms with van der Waals surface area (Å²) in [6.07, 6.45) is 3.63. The summed E-state index contributed by atoms with van der Waals surface area (Å²) in [5, 5.41) is 9.81. The molecule has 3 rings (SSSR count). The van der Waals surface area contributed by atoms with Crippen molar-refractivity contribution in [2.45, 2.75) is 44.8 Å². The van der Waals surface area contributed by atoms with Gasteiger partial charge < -0.3 is 10.0 Å². The van der Waals surface area contributed by atoms with E-state index in [1.807, 2.05) is 4.90 Å². The van der Waals surface area contributed by atoms with E-state index in [4.69, 9.17) is 0 Å². The van der Waals surface area contributed by atoms with Crippen molar-refractivity contribution in [2.75, 3.05) is 26.2 Å². The first-order chi connectivity index (χ1) is 11.0. The van der Waals surface area contributed by atoms with Crippen molar-refractivity contribution in [1.29, 1.82) is 0 Å². The molecular weight excluding hydrogens is 295 g/mol. The van der Waals surface area contributed by atoms with Crippen molar-refractivity contribution in [3.8, 4) is 0 Å². The van der Waals surface area contributed by atoms with Crippen LogP contribution in [-0.2, 0) is 0 Å². The first-order valence-corrected chi connectivity index (χ1v) is 8.52. The summed E-state index contributed by atoms with van der Waals surface area (Å²) in [5.74, 6) is -0.283. The third-order valence-electron chi connectivity index (χ3n) is 5.10. The fourth-order valence-electron chi connectivity index (χ4n) is 3.71. The van der Waals surface area contributed by atoms with Crippen LogP contribution < -0.4 is 0 Å². The average molecular weight is 320 g/mol. The molecule has 2 aliphatic heterocycles. The van der Waals surface area contributed by atoms with Gasteiger partial charge in [-0.15, -0.1) is 0 Å². The molecule has 126 valence electrons. The number of aliphatic hydroxyl groups is 1. The quantitative estimate of drug-likeness (QED) is 0.908. The summed E-state index contributed by atoms with van der Waals surface area (Å²) in [5.41, 5.74) is 1.07. The lowest BCUT2D eigenvalue weighted by Crippen LogP contribution is -2.50. The minimum atomic E-state index is -0.274. The summed E-state index contributed by atoms with van der Waals surface area (Å²) in [4.78, 5) is 16.8. The van der Waals surface area contributed by atoms with Crippen LogP contribution in [0.4, 0.5) is 4.39 Å². The molecule has 2 saturated heterocycles. The van der Waals surface area contributed by atoms with Gasteiger partial charge in [-0.25, -0.2) is 4.39 Å². The van der Waals surface area contributed by atoms with E-state index in [2.05, 4.69) is 4.90 Å². The van der Waals surface area contributed by atoms with Gasteiger partial charge in [0.05, 0.1) is 6.10 Å². The number of likely N-dealkylation sites (tertiary alicyclic amines) is 2. The molecule has 2 aliphatic rings. The number of piperidine rings is 2. The van der Waals surface area contributed by atoms with Gasteiger partial charge >= 0.3 is 0 Å². The molecule has 0 bridgehead atoms. The zero-order chi connectivity index (χ0) is 16.4. The highest BCUT2D eigenvalue weighted by Gasteiger charge is 2.30. The fraction of sp³-hybridized carbons (Fsp3) is 0.611. The summed E-state index contributed by atoms with van der Waals surface area (Å²) >= 11 is 0. The number of β-amino-alcohol motifs (C(OH)–C–C–N with tert-alkyl or cyclic N) is 1. The smallest absolute Gasteiger partial charge is 0.253 e. The zero-order valence-corrected chi connectivity index (χ0v) is 13.7. The highest BCUT2D eigenvalue weighted by molar-refractivity contribution is 5.94. The van der Waals surface area contributed by atoms with E-state index in [0.717, 1.165) is 51.9 Å². The van der Waals surface area contributed by atoms with E-state index in [0.29, 0.717) is 17.2 Å². The highest BCUT2D eigenvalue weighted by Crippen LogP contribution is 2.22. The van der Waals surface area contributed by atoms with Crippen molar-refractivity contribution in [3.63, 3.8) is 0 Å². The number of rotatable bonds is 2. The molecule has 0 spiro atoms. The number of carbonyl (C=O) groups excluding carboxylic acids is 1. The maximum Gasteiger partial charge on any atom is 0.253 e. The Morgan fingerprint density at radius 1 is 1.22 bits per heavy atom. The molecule has 0 unspecified atom stereocenters. The third kappa shape index (κ3) is 3.72. The van der Waals surface area contributed by atoms with Gasteiger partial charge in [-0.1, -0.05) is 0 Å². The molecule has 1 aromatic rings. The van der Waals surface area contributed by atoms with Crippen LogP contribution in [0.15, 0.2) is 18.2 Å². The van der Waals surface area contributed by atoms with Crippen LogP contribution in [0.25, 0.3) is 0 Å². The van der Waals surface area contributed by atoms with Crippen molar-refractivity contribution in [2.24, 2.45) is 0 Å². The Bertz CT molecular complexity index is 570. The van der Waals surface area contributed by atoms with E-state index in [1.54, 1.807) is 19.1 Å². The SMILES string of the molecule is Cc1cc(C(=O)N2CCC(N3CCC[C@H](O)C3)CC2)ccc1F. The number of nitrogens with zero attached hydrogens (tertiary/aromatic N) is 2. The Morgan fingerprint density at radius 2 is 1.96 bits per heavy atom. The number of hydrogen-bond donors (Lipinski definition) is 1. The van der Waals surface area contributed by atoms with Crippen molar-refractivity contribution in [1.82, 2.24) is 9.80 Å². The Balaban J connectivity index is 1.57. The summed E-state index contributed by atoms with van der Waals surface area (Å²) < 4.78 is 13.3. The van der Waals surface area contributed by atoms with Crippen LogP contribution in [0.1, 0.15) is 41.6 Å². The molecule has 0 radical (unpaired) electrons. The average Bonchev–Trinajstić information content (AvgIpc) is 2.57. The molecule has 1 amide bonds. The van der Waals surface area contributed by atoms with Crippen LogP contribution in [0.5, 0.6) is 0 Å². The summed E-state index contributed by atoms with van der Waals surface area (Å²) in [6, 6.07) is 5.02. The molecular formula is C18H25FN2O2. The summed E-state index contributed by atoms with van der Waals surface area (Å²) in [6.45, 7) is 4.95. The van der Waals surface area contributed by atoms with Crippen molar-refractivity contribution in [3.05, 3.63) is 35.1 Å². The van der Waals surface area contributed by atoms with Crippen LogP contribution in [0, 0.1) is 12.7 Å². The van der Waals surface area contributed by atoms with Gasteiger partial charge in [0.2, 0.25) is 0 Å². The van der Waals surface area contributed by atoms with E-state index < -0.39 is 0 Å². The molecule has 0 aromatic heterocycles. The monoisotopic (exact) mass is 320 g/mol. The first kappa shape index (κ1) is 16.4. The van der Waals surface area contributed by atoms with Crippen LogP contribution in [-0.4, -0.2) is 59.1 Å². The van der Waals surface area contributed by atoms with E-state index in [1.165, 1.54) is 6.07 Å². The predicted octanol–water partition coefficient (Wildman–Crippen LogP) is 2.20. The number of carbonyl (C=O) groups is 1. The minimum absolute atomic E-state index is 0.00905. The molecule has 4 nitrogen and oxygen atoms in total. The number of amides is 1. The first-order valence-electron chi connectivity index (χ1n) is 8.52. The number of aryl methyl sites for hydroxylation is 1. The van der Waals surface area contributed by atoms with Crippen LogP contribution in [0.2, 0.25) is 0 Å². The Kier molecular flexibility index (Phi) is 4.97. The van der Waals surface area contributed by atoms with E-state index in [9.17, 15) is 14.3 Å². The lowest BCUT2D eigenvalue weighted by molar-refractivity contribution is 0.0241. The van der Waals surface area contributed by atoms with Crippen molar-refractivity contribution < 1.29 is 14.3 Å². The largest absolute Gasteiger partial charge is 0.392 e. The van der Waals surface area contributed by atoms with Gasteiger partial charge in [0.1, 0.15) is 5.82 Å². The van der Waals surface area contributed by atoms with E-state index in [-0.39, 0.29) is 17.8 Å². The molecule has 2 fully saturated rings. The maximum absolute atomic E-state index is 13.3. The standard InChI is InChI=1S/C18H25FN2O2/c1-13-11-14(4-5-17(13)19)18(23)20-9-6-15(7-10-20)21-8-2-3-16(22)12-21/h4-5,11,15-16,22H,2-3,6-10,12H2,1H3/t16-/m0/s1. The number of benzene rings is 1. The molecule has 1 N–H and O–H groups in total. The zero-order valence-electron chi connectivity index (χ0n) is 13.7. The second kappa shape index (κ2) is 6.97. The van der Waals surface area contributed by atoms with Gasteiger partial charge in [-0.3, -0.25) is 9.69 Å². The van der Waals surface area contributed by atoms with Crippen LogP contribution in [0.3, 0.4) is 0 Å². The van der Waals surface area contributed by atoms with E-state index >= 15 is 0 Å². The number of halogens is 1. The van der Waals surface area contributed by atoms with Gasteiger partial charge in [0.25, 0.3) is 5.91 Å². The predicted molar refractivity (Wildman–Crippen MR) is 86.9 cm³/mol. The third-order valence-corrected chi connectivity index (χ3v) is 5.10. The molecule has 1 aromatic carbocycles. The molecule has 5 heteroatoms. The minimum Gasteiger partial charge on any atom is -0.392 e. The Labute approximate surface area is 136 Å². The van der Waals surface area contributed by atoms with Gasteiger partial charge in [-0.2, -0.15) is 0 Å². The van der Waals surface area contributed by atoms with Crippen LogP contribution >= 0.6 is 0 Å². The van der Waals surface area contributed by atoms with Crippen molar-refractivity contribution >= 4 is 5.91 Å². The number of aliphatic hydroxyl groups excluding tert-OH is 1. The van der Waals surface area contributed by atoms with Gasteiger partial charge in [0.15, 0.2) is 0 Å². The molecule has 2 heterocycles. The van der Waals surface area contributed by atoms with Gasteiger partial charge in [0, 0.05) is 31.2 Å². The molecule has 1 atom stereocenters. The highest BCUT2D eigenvalue weighted by atomic mass is 19.1. The molecule has 0 saturated carbocycles. The second-order valence-electron chi connectivity index (χ2n) is 6.78. The lowest BCUT2D eigenvalue weighted by Gasteiger charge is -2.41. The second-order valence-corrected chi connectivity index (χ2v) is 6.78. The normalized spacial score (nSPS) is 24.0. The Morgan fingerprint density at radius 3 is 2.61 bits per heavy atom. The fourth-order valence-corrected chi connectivity index (χ4v) is 3.71. The number of hydrogen-bond acceptors (Lipinski definition) is 3.